The molecule has 140 valence electrons. The van der Waals surface area contributed by atoms with Gasteiger partial charge in [-0.15, -0.1) is 0 Å². The second kappa shape index (κ2) is 8.70. The number of rotatable bonds is 7. The van der Waals surface area contributed by atoms with Gasteiger partial charge in [-0.3, -0.25) is 0 Å². The topological polar surface area (TPSA) is 35.5 Å². The van der Waals surface area contributed by atoms with Crippen LogP contribution in [0.4, 0.5) is 0 Å². The van der Waals surface area contributed by atoms with Crippen LogP contribution in [0, 0.1) is 5.92 Å². The van der Waals surface area contributed by atoms with Crippen LogP contribution >= 0.6 is 0 Å². The predicted molar refractivity (Wildman–Crippen MR) is 104 cm³/mol. The number of ether oxygens (including phenoxy) is 2. The Morgan fingerprint density at radius 3 is 2.76 bits per heavy atom. The number of hydrogen-bond donors (Lipinski definition) is 0. The molecule has 3 aliphatic rings. The van der Waals surface area contributed by atoms with Gasteiger partial charge in [0.2, 0.25) is 0 Å². The van der Waals surface area contributed by atoms with Crippen molar-refractivity contribution in [2.75, 3.05) is 13.2 Å². The number of carbonyl (C=O) groups excluding carboxylic acids is 1. The quantitative estimate of drug-likeness (QED) is 0.303. The molecule has 0 aromatic rings. The molecule has 2 unspecified atom stereocenters. The first-order valence-electron chi connectivity index (χ1n) is 10.1. The standard InChI is InChI=1S/C18H25O3.3CH3.Sn/c19-17-12-15-10-14(11-16(15)13-17)6-2-1-4-8-20-18-7-3-5-9-21-18;;;;/h6,15,18H,1-5,7-12H2;3*1H3;/b14-6+;;;;. The Morgan fingerprint density at radius 1 is 1.20 bits per heavy atom. The van der Waals surface area contributed by atoms with Gasteiger partial charge in [0.25, 0.3) is 0 Å². The molecule has 2 fully saturated rings. The molecule has 0 N–H and O–H groups in total. The van der Waals surface area contributed by atoms with Crippen molar-refractivity contribution in [2.45, 2.75) is 78.9 Å². The minimum absolute atomic E-state index is 0.0490. The third kappa shape index (κ3) is 5.20. The van der Waals surface area contributed by atoms with Gasteiger partial charge in [-0.05, 0) is 12.8 Å². The molecule has 0 aromatic carbocycles. The number of Topliss-reactive ketones (excluding diaryl/α,β-unsaturated/α-hetero) is 1. The van der Waals surface area contributed by atoms with Crippen molar-refractivity contribution in [1.82, 2.24) is 0 Å². The second-order valence-corrected chi connectivity index (χ2v) is 23.2. The second-order valence-electron chi connectivity index (χ2n) is 8.88. The van der Waals surface area contributed by atoms with Crippen LogP contribution < -0.4 is 0 Å². The summed E-state index contributed by atoms with van der Waals surface area (Å²) in [4.78, 5) is 19.5. The molecule has 1 aliphatic heterocycles. The fourth-order valence-corrected chi connectivity index (χ4v) is 10.8. The first-order chi connectivity index (χ1) is 11.9. The molecule has 0 radical (unpaired) electrons. The molecule has 4 heteroatoms. The summed E-state index contributed by atoms with van der Waals surface area (Å²) in [6, 6.07) is 0. The van der Waals surface area contributed by atoms with E-state index in [1.807, 2.05) is 0 Å². The number of allylic oxidation sites excluding steroid dienone is 4. The first kappa shape index (κ1) is 19.6. The van der Waals surface area contributed by atoms with Crippen LogP contribution in [0.5, 0.6) is 0 Å². The molecule has 0 amide bonds. The number of ketones is 1. The van der Waals surface area contributed by atoms with Crippen molar-refractivity contribution >= 4 is 24.2 Å². The molecule has 1 saturated heterocycles. The SMILES string of the molecule is [CH3][Sn]([CH3])([CH3])[C]1=C2C/C(=C/CCCCOC3CCCCO3)CC2CC1=O. The molecule has 0 spiro atoms. The summed E-state index contributed by atoms with van der Waals surface area (Å²) in [5.41, 5.74) is 3.12. The fourth-order valence-electron chi connectivity index (χ4n) is 4.56. The Kier molecular flexibility index (Phi) is 6.83. The van der Waals surface area contributed by atoms with Crippen LogP contribution in [0.15, 0.2) is 20.8 Å². The first-order valence-corrected chi connectivity index (χ1v) is 20.1. The molecule has 1 saturated carbocycles. The van der Waals surface area contributed by atoms with Gasteiger partial charge < -0.3 is 0 Å². The molecule has 0 bridgehead atoms. The normalized spacial score (nSPS) is 28.9. The van der Waals surface area contributed by atoms with E-state index < -0.39 is 18.4 Å². The molecule has 2 atom stereocenters. The van der Waals surface area contributed by atoms with Gasteiger partial charge >= 0.3 is 138 Å². The fraction of sp³-hybridized carbons (Fsp3) is 0.762. The minimum atomic E-state index is -2.26. The Bertz CT molecular complexity index is 550. The van der Waals surface area contributed by atoms with E-state index in [4.69, 9.17) is 9.47 Å². The van der Waals surface area contributed by atoms with Gasteiger partial charge in [0.1, 0.15) is 0 Å². The Hall–Kier alpha value is -0.131. The van der Waals surface area contributed by atoms with E-state index in [0.717, 1.165) is 51.7 Å². The molecule has 25 heavy (non-hydrogen) atoms. The van der Waals surface area contributed by atoms with E-state index in [-0.39, 0.29) is 6.29 Å². The summed E-state index contributed by atoms with van der Waals surface area (Å²) in [6.07, 6.45) is 12.4. The third-order valence-electron chi connectivity index (χ3n) is 5.67. The summed E-state index contributed by atoms with van der Waals surface area (Å²) in [7, 11) is 0. The van der Waals surface area contributed by atoms with Gasteiger partial charge in [-0.2, -0.15) is 0 Å². The zero-order valence-electron chi connectivity index (χ0n) is 16.2. The molecule has 0 aromatic heterocycles. The zero-order chi connectivity index (χ0) is 17.9. The average molecular weight is 453 g/mol. The van der Waals surface area contributed by atoms with Crippen LogP contribution in [0.1, 0.15) is 57.8 Å². The molecule has 3 rings (SSSR count). The summed E-state index contributed by atoms with van der Waals surface area (Å²) >= 11 is -2.26. The van der Waals surface area contributed by atoms with Crippen molar-refractivity contribution in [3.8, 4) is 0 Å². The number of carbonyl (C=O) groups is 1. The van der Waals surface area contributed by atoms with Crippen molar-refractivity contribution in [3.63, 3.8) is 0 Å². The van der Waals surface area contributed by atoms with Crippen LogP contribution in [0.2, 0.25) is 14.8 Å². The number of hydrogen-bond acceptors (Lipinski definition) is 3. The van der Waals surface area contributed by atoms with Crippen molar-refractivity contribution in [2.24, 2.45) is 5.92 Å². The van der Waals surface area contributed by atoms with Crippen molar-refractivity contribution < 1.29 is 14.3 Å². The zero-order valence-corrected chi connectivity index (χ0v) is 19.1. The van der Waals surface area contributed by atoms with E-state index in [1.54, 1.807) is 5.57 Å². The van der Waals surface area contributed by atoms with E-state index in [2.05, 4.69) is 20.9 Å². The summed E-state index contributed by atoms with van der Waals surface area (Å²) in [5, 5.41) is 0. The maximum atomic E-state index is 12.4. The molecule has 3 nitrogen and oxygen atoms in total. The van der Waals surface area contributed by atoms with Crippen LogP contribution in [0.25, 0.3) is 0 Å². The Balaban J connectivity index is 1.40. The third-order valence-corrected chi connectivity index (χ3v) is 11.7. The van der Waals surface area contributed by atoms with E-state index in [9.17, 15) is 4.79 Å². The monoisotopic (exact) mass is 454 g/mol. The van der Waals surface area contributed by atoms with Crippen molar-refractivity contribution in [3.05, 3.63) is 20.8 Å². The van der Waals surface area contributed by atoms with Gasteiger partial charge in [0, 0.05) is 6.61 Å². The predicted octanol–water partition coefficient (Wildman–Crippen LogP) is 5.18. The van der Waals surface area contributed by atoms with Gasteiger partial charge in [-0.1, -0.05) is 0 Å². The van der Waals surface area contributed by atoms with Crippen LogP contribution in [0.3, 0.4) is 0 Å². The molecule has 2 aliphatic carbocycles. The van der Waals surface area contributed by atoms with E-state index in [1.165, 1.54) is 28.4 Å². The van der Waals surface area contributed by atoms with Gasteiger partial charge in [0.15, 0.2) is 0 Å². The van der Waals surface area contributed by atoms with Gasteiger partial charge in [-0.25, -0.2) is 0 Å². The molecular formula is C21H34O3Sn. The Labute approximate surface area is 157 Å². The van der Waals surface area contributed by atoms with Gasteiger partial charge in [0.05, 0.1) is 0 Å². The van der Waals surface area contributed by atoms with E-state index in [0.29, 0.717) is 11.7 Å². The van der Waals surface area contributed by atoms with Crippen LogP contribution in [-0.2, 0) is 14.3 Å². The molecular weight excluding hydrogens is 419 g/mol. The van der Waals surface area contributed by atoms with E-state index >= 15 is 0 Å². The average Bonchev–Trinajstić information content (AvgIpc) is 3.06. The van der Waals surface area contributed by atoms with Crippen molar-refractivity contribution in [1.29, 1.82) is 0 Å². The molecule has 1 heterocycles. The Morgan fingerprint density at radius 2 is 2.04 bits per heavy atom. The summed E-state index contributed by atoms with van der Waals surface area (Å²) < 4.78 is 12.7. The summed E-state index contributed by atoms with van der Waals surface area (Å²) in [5.74, 6) is 1.04. The maximum absolute atomic E-state index is 12.4. The summed E-state index contributed by atoms with van der Waals surface area (Å²) in [6.45, 7) is 1.68. The van der Waals surface area contributed by atoms with Crippen LogP contribution in [-0.4, -0.2) is 43.7 Å². The number of unbranched alkanes of at least 4 members (excludes halogenated alkanes) is 2. The number of fused-ring (bicyclic) bond motifs is 1.